The minimum Gasteiger partial charge on any atom is -0.478 e. The van der Waals surface area contributed by atoms with Gasteiger partial charge in [0.1, 0.15) is 0 Å². The van der Waals surface area contributed by atoms with Crippen molar-refractivity contribution in [2.45, 2.75) is 25.1 Å². The summed E-state index contributed by atoms with van der Waals surface area (Å²) < 4.78 is 0. The molecule has 11 heteroatoms. The van der Waals surface area contributed by atoms with Crippen LogP contribution >= 0.6 is 0 Å². The Bertz CT molecular complexity index is 949. The number of nitrogens with zero attached hydrogens (tertiary/aromatic N) is 7. The molecule has 4 rings (SSSR count). The van der Waals surface area contributed by atoms with Gasteiger partial charge in [0, 0.05) is 49.9 Å². The van der Waals surface area contributed by atoms with Gasteiger partial charge in [-0.3, -0.25) is 0 Å². The summed E-state index contributed by atoms with van der Waals surface area (Å²) in [6, 6.07) is -0.262. The highest BCUT2D eigenvalue weighted by atomic mass is 16.4. The number of nitriles is 1. The maximum absolute atomic E-state index is 11.0. The molecule has 2 aliphatic rings. The van der Waals surface area contributed by atoms with Crippen LogP contribution in [0.15, 0.2) is 18.6 Å². The SMILES string of the molecule is N#CB1CCc2nc(N3CCN(c4ncc(C(=O)O)cn4)C(CO)C3)ncc2C1. The fraction of sp³-hybridized carbons (Fsp3) is 0.444. The van der Waals surface area contributed by atoms with E-state index in [0.717, 1.165) is 24.0 Å². The van der Waals surface area contributed by atoms with Crippen LogP contribution in [0.2, 0.25) is 6.32 Å². The number of fused-ring (bicyclic) bond motifs is 1. The molecule has 2 aromatic heterocycles. The molecule has 1 unspecified atom stereocenters. The van der Waals surface area contributed by atoms with Crippen LogP contribution < -0.4 is 9.80 Å². The minimum atomic E-state index is -1.08. The van der Waals surface area contributed by atoms with Gasteiger partial charge in [0.05, 0.1) is 18.2 Å². The van der Waals surface area contributed by atoms with Crippen LogP contribution in [0.5, 0.6) is 0 Å². The number of aromatic carboxylic acids is 1. The maximum Gasteiger partial charge on any atom is 0.338 e. The number of carbonyl (C=O) groups is 1. The zero-order chi connectivity index (χ0) is 20.4. The van der Waals surface area contributed by atoms with E-state index in [1.807, 2.05) is 16.0 Å². The van der Waals surface area contributed by atoms with E-state index >= 15 is 0 Å². The molecule has 2 aromatic rings. The Kier molecular flexibility index (Phi) is 5.27. The van der Waals surface area contributed by atoms with Gasteiger partial charge in [-0.1, -0.05) is 6.32 Å². The van der Waals surface area contributed by atoms with E-state index in [1.165, 1.54) is 12.4 Å². The third-order valence-corrected chi connectivity index (χ3v) is 5.44. The summed E-state index contributed by atoms with van der Waals surface area (Å²) >= 11 is 0. The van der Waals surface area contributed by atoms with Crippen molar-refractivity contribution < 1.29 is 15.0 Å². The lowest BCUT2D eigenvalue weighted by atomic mass is 9.43. The fourth-order valence-electron chi connectivity index (χ4n) is 3.80. The van der Waals surface area contributed by atoms with Crippen LogP contribution in [0.1, 0.15) is 21.6 Å². The lowest BCUT2D eigenvalue weighted by Crippen LogP contribution is -2.56. The highest BCUT2D eigenvalue weighted by Crippen LogP contribution is 2.23. The quantitative estimate of drug-likeness (QED) is 0.674. The molecule has 1 fully saturated rings. The van der Waals surface area contributed by atoms with Gasteiger partial charge in [0.15, 0.2) is 0 Å². The first-order valence-electron chi connectivity index (χ1n) is 9.51. The Morgan fingerprint density at radius 3 is 2.69 bits per heavy atom. The summed E-state index contributed by atoms with van der Waals surface area (Å²) in [4.78, 5) is 32.4. The number of piperazine rings is 1. The summed E-state index contributed by atoms with van der Waals surface area (Å²) in [5.74, 6) is 2.26. The minimum absolute atomic E-state index is 0.0223. The molecule has 0 radical (unpaired) electrons. The monoisotopic (exact) mass is 393 g/mol. The molecule has 1 atom stereocenters. The van der Waals surface area contributed by atoms with Crippen molar-refractivity contribution in [1.82, 2.24) is 19.9 Å². The number of carboxylic acids is 1. The van der Waals surface area contributed by atoms with Gasteiger partial charge >= 0.3 is 5.97 Å². The molecule has 0 bridgehead atoms. The molecular weight excluding hydrogens is 373 g/mol. The number of anilines is 2. The number of hydrogen-bond donors (Lipinski definition) is 2. The molecule has 0 aliphatic carbocycles. The lowest BCUT2D eigenvalue weighted by molar-refractivity contribution is 0.0696. The molecule has 0 amide bonds. The zero-order valence-electron chi connectivity index (χ0n) is 15.8. The van der Waals surface area contributed by atoms with E-state index in [-0.39, 0.29) is 24.9 Å². The summed E-state index contributed by atoms with van der Waals surface area (Å²) in [6.07, 6.45) is 6.64. The van der Waals surface area contributed by atoms with E-state index in [0.29, 0.717) is 37.9 Å². The van der Waals surface area contributed by atoms with Gasteiger partial charge in [-0.2, -0.15) is 0 Å². The zero-order valence-corrected chi connectivity index (χ0v) is 15.8. The van der Waals surface area contributed by atoms with Crippen LogP contribution in [0.4, 0.5) is 11.9 Å². The summed E-state index contributed by atoms with van der Waals surface area (Å²) in [6.45, 7) is 1.61. The molecule has 0 aromatic carbocycles. The number of aromatic nitrogens is 4. The van der Waals surface area contributed by atoms with Crippen molar-refractivity contribution in [2.24, 2.45) is 0 Å². The number of aryl methyl sites for hydroxylation is 1. The van der Waals surface area contributed by atoms with Crippen molar-refractivity contribution in [2.75, 3.05) is 36.0 Å². The second-order valence-electron chi connectivity index (χ2n) is 7.26. The topological polar surface area (TPSA) is 139 Å². The number of rotatable bonds is 4. The van der Waals surface area contributed by atoms with E-state index in [2.05, 4.69) is 20.9 Å². The van der Waals surface area contributed by atoms with Crippen LogP contribution in [0.3, 0.4) is 0 Å². The first-order valence-corrected chi connectivity index (χ1v) is 9.51. The highest BCUT2D eigenvalue weighted by molar-refractivity contribution is 6.66. The van der Waals surface area contributed by atoms with Crippen molar-refractivity contribution >= 4 is 24.6 Å². The summed E-state index contributed by atoms with van der Waals surface area (Å²) in [5.41, 5.74) is 2.06. The molecule has 10 nitrogen and oxygen atoms in total. The van der Waals surface area contributed by atoms with Crippen LogP contribution in [-0.4, -0.2) is 75.1 Å². The predicted molar refractivity (Wildman–Crippen MR) is 105 cm³/mol. The van der Waals surface area contributed by atoms with Gasteiger partial charge in [0.25, 0.3) is 6.71 Å². The predicted octanol–water partition coefficient (Wildman–Crippen LogP) is -0.152. The molecule has 29 heavy (non-hydrogen) atoms. The second-order valence-corrected chi connectivity index (χ2v) is 7.26. The average molecular weight is 393 g/mol. The van der Waals surface area contributed by atoms with Gasteiger partial charge in [-0.25, -0.2) is 30.0 Å². The van der Waals surface area contributed by atoms with Gasteiger partial charge in [-0.05, 0) is 18.3 Å². The fourth-order valence-corrected chi connectivity index (χ4v) is 3.80. The van der Waals surface area contributed by atoms with E-state index in [4.69, 9.17) is 15.4 Å². The molecule has 1 saturated heterocycles. The third kappa shape index (κ3) is 3.84. The first-order chi connectivity index (χ1) is 14.1. The number of aliphatic hydroxyl groups is 1. The maximum atomic E-state index is 11.0. The smallest absolute Gasteiger partial charge is 0.338 e. The highest BCUT2D eigenvalue weighted by Gasteiger charge is 2.31. The second kappa shape index (κ2) is 8.01. The Morgan fingerprint density at radius 2 is 2.00 bits per heavy atom. The summed E-state index contributed by atoms with van der Waals surface area (Å²) in [5, 5.41) is 28.0. The van der Waals surface area contributed by atoms with Gasteiger partial charge in [0.2, 0.25) is 11.9 Å². The first kappa shape index (κ1) is 19.1. The lowest BCUT2D eigenvalue weighted by Gasteiger charge is -2.40. The molecule has 0 saturated carbocycles. The normalized spacial score (nSPS) is 18.9. The molecule has 2 aliphatic heterocycles. The van der Waals surface area contributed by atoms with Crippen molar-refractivity contribution in [3.63, 3.8) is 0 Å². The third-order valence-electron chi connectivity index (χ3n) is 5.44. The van der Waals surface area contributed by atoms with E-state index in [9.17, 15) is 9.90 Å². The Morgan fingerprint density at radius 1 is 1.24 bits per heavy atom. The molecule has 0 spiro atoms. The van der Waals surface area contributed by atoms with Gasteiger partial charge in [-0.15, -0.1) is 0 Å². The Hall–Kier alpha value is -3.26. The Labute approximate surface area is 167 Å². The number of hydrogen-bond acceptors (Lipinski definition) is 9. The standard InChI is InChI=1S/C18H20BN7O3/c20-11-19-2-1-15-12(5-19)6-23-18(24-15)25-3-4-26(14(9-25)10-27)17-21-7-13(8-22-17)16(28)29/h6-8,14,27H,1-5,9-10H2,(H,28,29). The number of aliphatic hydroxyl groups excluding tert-OH is 1. The number of carboxylic acid groups (broad SMARTS) is 1. The van der Waals surface area contributed by atoms with Crippen molar-refractivity contribution in [3.8, 4) is 5.97 Å². The Balaban J connectivity index is 1.49. The largest absolute Gasteiger partial charge is 0.478 e. The van der Waals surface area contributed by atoms with Crippen LogP contribution in [0, 0.1) is 11.2 Å². The molecule has 2 N–H and O–H groups in total. The average Bonchev–Trinajstić information content (AvgIpc) is 2.78. The van der Waals surface area contributed by atoms with Crippen molar-refractivity contribution in [1.29, 1.82) is 5.26 Å². The van der Waals surface area contributed by atoms with Gasteiger partial charge < -0.3 is 20.0 Å². The van der Waals surface area contributed by atoms with E-state index < -0.39 is 5.97 Å². The molecule has 148 valence electrons. The van der Waals surface area contributed by atoms with E-state index in [1.54, 1.807) is 0 Å². The molecular formula is C18H20BN7O3. The van der Waals surface area contributed by atoms with Crippen LogP contribution in [-0.2, 0) is 12.7 Å². The van der Waals surface area contributed by atoms with Crippen molar-refractivity contribution in [3.05, 3.63) is 35.4 Å². The summed E-state index contributed by atoms with van der Waals surface area (Å²) in [7, 11) is 0. The molecule has 4 heterocycles. The van der Waals surface area contributed by atoms with Crippen LogP contribution in [0.25, 0.3) is 0 Å².